The Morgan fingerprint density at radius 1 is 1.29 bits per heavy atom. The summed E-state index contributed by atoms with van der Waals surface area (Å²) in [5.41, 5.74) is 8.90. The minimum atomic E-state index is -4.23. The van der Waals surface area contributed by atoms with Crippen LogP contribution in [-0.2, 0) is 25.7 Å². The third-order valence-electron chi connectivity index (χ3n) is 3.18. The maximum atomic E-state index is 12.5. The Labute approximate surface area is 98.0 Å². The highest BCUT2D eigenvalue weighted by Crippen LogP contribution is 2.33. The molecule has 2 N–H and O–H groups in total. The predicted octanol–water partition coefficient (Wildman–Crippen LogP) is 2.82. The van der Waals surface area contributed by atoms with Crippen molar-refractivity contribution in [3.05, 3.63) is 22.5 Å². The van der Waals surface area contributed by atoms with Gasteiger partial charge in [-0.25, -0.2) is 0 Å². The van der Waals surface area contributed by atoms with Gasteiger partial charge in [0.1, 0.15) is 0 Å². The summed E-state index contributed by atoms with van der Waals surface area (Å²) in [5.74, 6) is 0. The summed E-state index contributed by atoms with van der Waals surface area (Å²) in [6.07, 6.45) is -2.19. The summed E-state index contributed by atoms with van der Waals surface area (Å²) in [7, 11) is 0. The van der Waals surface area contributed by atoms with Crippen molar-refractivity contribution in [1.82, 2.24) is 4.98 Å². The molecule has 1 aliphatic rings. The SMILES string of the molecule is CCc1c(CC(F)(F)F)nc2c(c1N)CCC2. The number of halogens is 3. The van der Waals surface area contributed by atoms with Crippen LogP contribution in [-0.4, -0.2) is 11.2 Å². The van der Waals surface area contributed by atoms with Crippen molar-refractivity contribution >= 4 is 5.69 Å². The molecule has 94 valence electrons. The molecule has 5 heteroatoms. The molecule has 0 aliphatic heterocycles. The van der Waals surface area contributed by atoms with Gasteiger partial charge in [0.15, 0.2) is 0 Å². The van der Waals surface area contributed by atoms with E-state index in [-0.39, 0.29) is 5.69 Å². The Morgan fingerprint density at radius 3 is 2.59 bits per heavy atom. The van der Waals surface area contributed by atoms with Crippen LogP contribution in [0.1, 0.15) is 35.9 Å². The quantitative estimate of drug-likeness (QED) is 0.868. The lowest BCUT2D eigenvalue weighted by molar-refractivity contribution is -0.127. The smallest absolute Gasteiger partial charge is 0.394 e. The summed E-state index contributed by atoms with van der Waals surface area (Å²) in [4.78, 5) is 4.17. The van der Waals surface area contributed by atoms with Gasteiger partial charge in [-0.3, -0.25) is 4.98 Å². The third-order valence-corrected chi connectivity index (χ3v) is 3.18. The molecule has 0 radical (unpaired) electrons. The first-order valence-electron chi connectivity index (χ1n) is 5.78. The molecule has 2 rings (SSSR count). The fourth-order valence-corrected chi connectivity index (χ4v) is 2.44. The molecule has 0 unspecified atom stereocenters. The van der Waals surface area contributed by atoms with E-state index in [0.29, 0.717) is 17.7 Å². The van der Waals surface area contributed by atoms with Gasteiger partial charge in [-0.2, -0.15) is 13.2 Å². The molecular weight excluding hydrogens is 229 g/mol. The van der Waals surface area contributed by atoms with E-state index in [9.17, 15) is 13.2 Å². The average Bonchev–Trinajstić information content (AvgIpc) is 2.64. The Bertz CT molecular complexity index is 438. The summed E-state index contributed by atoms with van der Waals surface area (Å²) in [6.45, 7) is 1.81. The zero-order valence-corrected chi connectivity index (χ0v) is 9.69. The van der Waals surface area contributed by atoms with Gasteiger partial charge in [0, 0.05) is 11.4 Å². The molecule has 1 aliphatic carbocycles. The second kappa shape index (κ2) is 4.20. The Hall–Kier alpha value is -1.26. The number of nitrogen functional groups attached to an aromatic ring is 1. The molecular formula is C12H15F3N2. The minimum Gasteiger partial charge on any atom is -0.398 e. The first-order valence-corrected chi connectivity index (χ1v) is 5.78. The number of fused-ring (bicyclic) bond motifs is 1. The van der Waals surface area contributed by atoms with E-state index in [1.54, 1.807) is 0 Å². The zero-order chi connectivity index (χ0) is 12.6. The van der Waals surface area contributed by atoms with Gasteiger partial charge in [0.05, 0.1) is 12.1 Å². The number of anilines is 1. The molecule has 0 saturated heterocycles. The maximum absolute atomic E-state index is 12.5. The zero-order valence-electron chi connectivity index (χ0n) is 9.69. The van der Waals surface area contributed by atoms with E-state index in [0.717, 1.165) is 30.5 Å². The van der Waals surface area contributed by atoms with E-state index in [2.05, 4.69) is 4.98 Å². The van der Waals surface area contributed by atoms with E-state index in [1.807, 2.05) is 6.92 Å². The lowest BCUT2D eigenvalue weighted by Gasteiger charge is -2.15. The third kappa shape index (κ3) is 2.37. The second-order valence-corrected chi connectivity index (χ2v) is 4.38. The maximum Gasteiger partial charge on any atom is 0.394 e. The highest BCUT2D eigenvalue weighted by molar-refractivity contribution is 5.58. The summed E-state index contributed by atoms with van der Waals surface area (Å²) < 4.78 is 37.4. The molecule has 0 amide bonds. The van der Waals surface area contributed by atoms with Gasteiger partial charge in [0.25, 0.3) is 0 Å². The highest BCUT2D eigenvalue weighted by Gasteiger charge is 2.31. The Morgan fingerprint density at radius 2 is 2.00 bits per heavy atom. The monoisotopic (exact) mass is 244 g/mol. The lowest BCUT2D eigenvalue weighted by Crippen LogP contribution is -2.17. The molecule has 1 aromatic heterocycles. The van der Waals surface area contributed by atoms with Crippen LogP contribution in [0.3, 0.4) is 0 Å². The van der Waals surface area contributed by atoms with E-state index in [1.165, 1.54) is 0 Å². The minimum absolute atomic E-state index is 0.109. The fourth-order valence-electron chi connectivity index (χ4n) is 2.44. The lowest BCUT2D eigenvalue weighted by atomic mass is 10.0. The molecule has 17 heavy (non-hydrogen) atoms. The molecule has 0 fully saturated rings. The van der Waals surface area contributed by atoms with Crippen molar-refractivity contribution in [3.63, 3.8) is 0 Å². The molecule has 0 spiro atoms. The van der Waals surface area contributed by atoms with Crippen molar-refractivity contribution in [2.24, 2.45) is 0 Å². The van der Waals surface area contributed by atoms with Crippen LogP contribution < -0.4 is 5.73 Å². The van der Waals surface area contributed by atoms with Crippen molar-refractivity contribution in [3.8, 4) is 0 Å². The second-order valence-electron chi connectivity index (χ2n) is 4.38. The number of nitrogens with two attached hydrogens (primary N) is 1. The van der Waals surface area contributed by atoms with Crippen LogP contribution in [0.5, 0.6) is 0 Å². The van der Waals surface area contributed by atoms with Crippen LogP contribution >= 0.6 is 0 Å². The normalized spacial score (nSPS) is 15.1. The van der Waals surface area contributed by atoms with Gasteiger partial charge in [0.2, 0.25) is 0 Å². The van der Waals surface area contributed by atoms with Crippen molar-refractivity contribution in [2.75, 3.05) is 5.73 Å². The summed E-state index contributed by atoms with van der Waals surface area (Å²) in [6, 6.07) is 0. The number of aromatic nitrogens is 1. The van der Waals surface area contributed by atoms with Crippen LogP contribution in [0.15, 0.2) is 0 Å². The van der Waals surface area contributed by atoms with Gasteiger partial charge in [-0.05, 0) is 36.8 Å². The van der Waals surface area contributed by atoms with Crippen molar-refractivity contribution in [1.29, 1.82) is 0 Å². The molecule has 0 bridgehead atoms. The van der Waals surface area contributed by atoms with E-state index < -0.39 is 12.6 Å². The standard InChI is InChI=1S/C12H15F3N2/c1-2-7-10(6-12(13,14)15)17-9-5-3-4-8(9)11(7)16/h2-6H2,1H3,(H2,16,17). The van der Waals surface area contributed by atoms with Crippen LogP contribution in [0.25, 0.3) is 0 Å². The van der Waals surface area contributed by atoms with Gasteiger partial charge < -0.3 is 5.73 Å². The van der Waals surface area contributed by atoms with E-state index >= 15 is 0 Å². The summed E-state index contributed by atoms with van der Waals surface area (Å²) >= 11 is 0. The fraction of sp³-hybridized carbons (Fsp3) is 0.583. The van der Waals surface area contributed by atoms with Crippen LogP contribution in [0.4, 0.5) is 18.9 Å². The first-order chi connectivity index (χ1) is 7.92. The number of hydrogen-bond donors (Lipinski definition) is 1. The molecule has 2 nitrogen and oxygen atoms in total. The van der Waals surface area contributed by atoms with Crippen LogP contribution in [0.2, 0.25) is 0 Å². The molecule has 1 heterocycles. The predicted molar refractivity (Wildman–Crippen MR) is 59.8 cm³/mol. The van der Waals surface area contributed by atoms with Gasteiger partial charge in [-0.1, -0.05) is 6.92 Å². The first kappa shape index (κ1) is 12.2. The van der Waals surface area contributed by atoms with E-state index in [4.69, 9.17) is 5.73 Å². The number of hydrogen-bond acceptors (Lipinski definition) is 2. The molecule has 0 atom stereocenters. The van der Waals surface area contributed by atoms with Gasteiger partial charge >= 0.3 is 6.18 Å². The molecule has 0 aromatic carbocycles. The largest absolute Gasteiger partial charge is 0.398 e. The van der Waals surface area contributed by atoms with Crippen LogP contribution in [0, 0.1) is 0 Å². The average molecular weight is 244 g/mol. The molecule has 0 saturated carbocycles. The number of aryl methyl sites for hydroxylation is 1. The summed E-state index contributed by atoms with van der Waals surface area (Å²) in [5, 5.41) is 0. The Kier molecular flexibility index (Phi) is 3.02. The van der Waals surface area contributed by atoms with Gasteiger partial charge in [-0.15, -0.1) is 0 Å². The van der Waals surface area contributed by atoms with Crippen molar-refractivity contribution in [2.45, 2.75) is 45.2 Å². The number of alkyl halides is 3. The highest BCUT2D eigenvalue weighted by atomic mass is 19.4. The Balaban J connectivity index is 2.48. The number of pyridine rings is 1. The number of rotatable bonds is 2. The molecule has 1 aromatic rings. The number of nitrogens with zero attached hydrogens (tertiary/aromatic N) is 1. The topological polar surface area (TPSA) is 38.9 Å². The van der Waals surface area contributed by atoms with Crippen molar-refractivity contribution < 1.29 is 13.2 Å².